The SMILES string of the molecule is CC1(C)CC1(CBr)C1CCC1. The lowest BCUT2D eigenvalue weighted by Gasteiger charge is -2.35. The molecule has 0 aliphatic heterocycles. The van der Waals surface area contributed by atoms with Gasteiger partial charge in [0, 0.05) is 5.33 Å². The Labute approximate surface area is 77.9 Å². The van der Waals surface area contributed by atoms with E-state index >= 15 is 0 Å². The fourth-order valence-corrected chi connectivity index (χ4v) is 4.15. The minimum absolute atomic E-state index is 0.640. The van der Waals surface area contributed by atoms with Crippen LogP contribution in [0.25, 0.3) is 0 Å². The second kappa shape index (κ2) is 2.25. The summed E-state index contributed by atoms with van der Waals surface area (Å²) in [7, 11) is 0. The van der Waals surface area contributed by atoms with Crippen LogP contribution >= 0.6 is 15.9 Å². The highest BCUT2D eigenvalue weighted by molar-refractivity contribution is 9.09. The highest BCUT2D eigenvalue weighted by Gasteiger charge is 2.64. The fourth-order valence-electron chi connectivity index (χ4n) is 2.74. The maximum Gasteiger partial charge on any atom is 0.00959 e. The largest absolute Gasteiger partial charge is 0.0922 e. The predicted octanol–water partition coefficient (Wildman–Crippen LogP) is 3.60. The van der Waals surface area contributed by atoms with Crippen molar-refractivity contribution >= 4 is 15.9 Å². The van der Waals surface area contributed by atoms with E-state index in [4.69, 9.17) is 0 Å². The average molecular weight is 217 g/mol. The Morgan fingerprint density at radius 2 is 1.91 bits per heavy atom. The molecule has 0 aromatic carbocycles. The lowest BCUT2D eigenvalue weighted by atomic mass is 9.71. The molecule has 0 aromatic rings. The summed E-state index contributed by atoms with van der Waals surface area (Å²) in [5.74, 6) is 1.05. The van der Waals surface area contributed by atoms with E-state index in [1.807, 2.05) is 0 Å². The van der Waals surface area contributed by atoms with Gasteiger partial charge >= 0.3 is 0 Å². The summed E-state index contributed by atoms with van der Waals surface area (Å²) in [4.78, 5) is 0. The molecule has 0 heterocycles. The summed E-state index contributed by atoms with van der Waals surface area (Å²) in [6, 6.07) is 0. The minimum Gasteiger partial charge on any atom is -0.0922 e. The maximum atomic E-state index is 3.68. The minimum atomic E-state index is 0.640. The van der Waals surface area contributed by atoms with Crippen LogP contribution in [-0.4, -0.2) is 5.33 Å². The van der Waals surface area contributed by atoms with Gasteiger partial charge in [-0.2, -0.15) is 0 Å². The number of hydrogen-bond donors (Lipinski definition) is 0. The van der Waals surface area contributed by atoms with Gasteiger partial charge in [-0.3, -0.25) is 0 Å². The van der Waals surface area contributed by atoms with Crippen molar-refractivity contribution in [2.75, 3.05) is 5.33 Å². The summed E-state index contributed by atoms with van der Waals surface area (Å²) in [6.07, 6.45) is 5.93. The van der Waals surface area contributed by atoms with Gasteiger partial charge in [-0.25, -0.2) is 0 Å². The molecule has 1 heteroatoms. The molecule has 0 N–H and O–H groups in total. The van der Waals surface area contributed by atoms with E-state index in [0.29, 0.717) is 10.8 Å². The van der Waals surface area contributed by atoms with Crippen LogP contribution in [0, 0.1) is 16.7 Å². The first kappa shape index (κ1) is 8.10. The van der Waals surface area contributed by atoms with Crippen molar-refractivity contribution in [2.24, 2.45) is 16.7 Å². The number of alkyl halides is 1. The fraction of sp³-hybridized carbons (Fsp3) is 1.00. The first-order chi connectivity index (χ1) is 5.12. The van der Waals surface area contributed by atoms with E-state index in [0.717, 1.165) is 5.92 Å². The molecule has 2 aliphatic rings. The molecule has 0 radical (unpaired) electrons. The Bertz CT molecular complexity index is 170. The summed E-state index contributed by atoms with van der Waals surface area (Å²) in [6.45, 7) is 4.85. The van der Waals surface area contributed by atoms with Gasteiger partial charge < -0.3 is 0 Å². The van der Waals surface area contributed by atoms with Crippen molar-refractivity contribution in [3.63, 3.8) is 0 Å². The van der Waals surface area contributed by atoms with Gasteiger partial charge in [0.05, 0.1) is 0 Å². The lowest BCUT2D eigenvalue weighted by molar-refractivity contribution is 0.170. The summed E-state index contributed by atoms with van der Waals surface area (Å²) in [5.41, 5.74) is 1.34. The lowest BCUT2D eigenvalue weighted by Crippen LogP contribution is -2.28. The molecule has 0 amide bonds. The van der Waals surface area contributed by atoms with Gasteiger partial charge in [0.15, 0.2) is 0 Å². The van der Waals surface area contributed by atoms with Crippen LogP contribution < -0.4 is 0 Å². The maximum absolute atomic E-state index is 3.68. The van der Waals surface area contributed by atoms with Gasteiger partial charge in [-0.1, -0.05) is 36.2 Å². The van der Waals surface area contributed by atoms with Crippen LogP contribution in [0.5, 0.6) is 0 Å². The molecule has 2 rings (SSSR count). The summed E-state index contributed by atoms with van der Waals surface area (Å²) < 4.78 is 0. The molecule has 0 spiro atoms. The van der Waals surface area contributed by atoms with E-state index < -0.39 is 0 Å². The standard InChI is InChI=1S/C10H17Br/c1-9(2)6-10(9,7-11)8-4-3-5-8/h8H,3-7H2,1-2H3. The van der Waals surface area contributed by atoms with E-state index in [-0.39, 0.29) is 0 Å². The smallest absolute Gasteiger partial charge is 0.00959 e. The van der Waals surface area contributed by atoms with Gasteiger partial charge in [0.2, 0.25) is 0 Å². The first-order valence-corrected chi connectivity index (χ1v) is 5.80. The third-order valence-electron chi connectivity index (χ3n) is 4.11. The first-order valence-electron chi connectivity index (χ1n) is 4.68. The Kier molecular flexibility index (Phi) is 1.65. The Balaban J connectivity index is 2.08. The van der Waals surface area contributed by atoms with Gasteiger partial charge in [-0.05, 0) is 36.0 Å². The van der Waals surface area contributed by atoms with Crippen LogP contribution in [0.15, 0.2) is 0 Å². The predicted molar refractivity (Wildman–Crippen MR) is 52.0 cm³/mol. The van der Waals surface area contributed by atoms with E-state index in [1.54, 1.807) is 0 Å². The molecule has 0 saturated heterocycles. The molecule has 1 atom stereocenters. The zero-order valence-electron chi connectivity index (χ0n) is 7.49. The number of halogens is 1. The zero-order valence-corrected chi connectivity index (χ0v) is 9.08. The molecule has 2 saturated carbocycles. The van der Waals surface area contributed by atoms with Crippen LogP contribution in [0.2, 0.25) is 0 Å². The van der Waals surface area contributed by atoms with Crippen LogP contribution in [0.3, 0.4) is 0 Å². The Hall–Kier alpha value is 0.480. The number of hydrogen-bond acceptors (Lipinski definition) is 0. The van der Waals surface area contributed by atoms with Crippen molar-refractivity contribution in [1.29, 1.82) is 0 Å². The Morgan fingerprint density at radius 1 is 1.36 bits per heavy atom. The van der Waals surface area contributed by atoms with Crippen LogP contribution in [0.4, 0.5) is 0 Å². The summed E-state index contributed by atoms with van der Waals surface area (Å²) in [5, 5.41) is 1.23. The van der Waals surface area contributed by atoms with Crippen molar-refractivity contribution in [3.05, 3.63) is 0 Å². The molecule has 1 unspecified atom stereocenters. The summed E-state index contributed by atoms with van der Waals surface area (Å²) >= 11 is 3.68. The van der Waals surface area contributed by atoms with Crippen molar-refractivity contribution < 1.29 is 0 Å². The highest BCUT2D eigenvalue weighted by Crippen LogP contribution is 2.71. The molecule has 0 bridgehead atoms. The van der Waals surface area contributed by atoms with Gasteiger partial charge in [-0.15, -0.1) is 0 Å². The van der Waals surface area contributed by atoms with Crippen molar-refractivity contribution in [3.8, 4) is 0 Å². The van der Waals surface area contributed by atoms with Gasteiger partial charge in [0.25, 0.3) is 0 Å². The van der Waals surface area contributed by atoms with Crippen LogP contribution in [0.1, 0.15) is 39.5 Å². The molecule has 2 aliphatic carbocycles. The van der Waals surface area contributed by atoms with Crippen molar-refractivity contribution in [2.45, 2.75) is 39.5 Å². The van der Waals surface area contributed by atoms with Crippen LogP contribution in [-0.2, 0) is 0 Å². The van der Waals surface area contributed by atoms with Gasteiger partial charge in [0.1, 0.15) is 0 Å². The quantitative estimate of drug-likeness (QED) is 0.620. The van der Waals surface area contributed by atoms with E-state index in [9.17, 15) is 0 Å². The molecule has 11 heavy (non-hydrogen) atoms. The molecule has 64 valence electrons. The highest BCUT2D eigenvalue weighted by atomic mass is 79.9. The topological polar surface area (TPSA) is 0 Å². The zero-order chi connectivity index (χ0) is 8.11. The second-order valence-corrected chi connectivity index (χ2v) is 5.54. The van der Waals surface area contributed by atoms with E-state index in [1.165, 1.54) is 31.0 Å². The molecule has 0 aromatic heterocycles. The number of rotatable bonds is 2. The molecule has 0 nitrogen and oxygen atoms in total. The molecular weight excluding hydrogens is 200 g/mol. The Morgan fingerprint density at radius 3 is 2.00 bits per heavy atom. The molecular formula is C10H17Br. The average Bonchev–Trinajstić information content (AvgIpc) is 2.31. The third-order valence-corrected chi connectivity index (χ3v) is 5.11. The van der Waals surface area contributed by atoms with Crippen molar-refractivity contribution in [1.82, 2.24) is 0 Å². The molecule has 2 fully saturated rings. The third kappa shape index (κ3) is 0.929. The second-order valence-electron chi connectivity index (χ2n) is 4.98. The monoisotopic (exact) mass is 216 g/mol. The normalized spacial score (nSPS) is 41.7. The van der Waals surface area contributed by atoms with E-state index in [2.05, 4.69) is 29.8 Å².